The third-order valence-corrected chi connectivity index (χ3v) is 2.64. The van der Waals surface area contributed by atoms with Gasteiger partial charge in [0.1, 0.15) is 0 Å². The lowest BCUT2D eigenvalue weighted by atomic mass is 10.2. The molecule has 0 radical (unpaired) electrons. The van der Waals surface area contributed by atoms with Gasteiger partial charge in [0.05, 0.1) is 25.3 Å². The van der Waals surface area contributed by atoms with Gasteiger partial charge in [-0.15, -0.1) is 0 Å². The van der Waals surface area contributed by atoms with Crippen LogP contribution in [-0.2, 0) is 0 Å². The van der Waals surface area contributed by atoms with Crippen LogP contribution >= 0.6 is 15.9 Å². The smallest absolute Gasteiger partial charge is 0.204 e. The summed E-state index contributed by atoms with van der Waals surface area (Å²) in [6.07, 6.45) is 0. The molecule has 1 aromatic rings. The molecule has 0 aliphatic carbocycles. The molecule has 90 valence electrons. The van der Waals surface area contributed by atoms with E-state index < -0.39 is 0 Å². The molecule has 16 heavy (non-hydrogen) atoms. The topological polar surface area (TPSA) is 27.7 Å². The highest BCUT2D eigenvalue weighted by atomic mass is 79.9. The monoisotopic (exact) mass is 288 g/mol. The van der Waals surface area contributed by atoms with Crippen LogP contribution in [0.2, 0.25) is 0 Å². The Kier molecular flexibility index (Phi) is 4.93. The van der Waals surface area contributed by atoms with Crippen LogP contribution in [0.5, 0.6) is 17.2 Å². The number of benzene rings is 1. The lowest BCUT2D eigenvalue weighted by molar-refractivity contribution is 0.250. The van der Waals surface area contributed by atoms with Gasteiger partial charge in [0, 0.05) is 0 Å². The van der Waals surface area contributed by atoms with E-state index in [1.807, 2.05) is 12.1 Å². The largest absolute Gasteiger partial charge is 0.493 e. The number of ether oxygens (including phenoxy) is 3. The summed E-state index contributed by atoms with van der Waals surface area (Å²) in [6, 6.07) is 3.72. The van der Waals surface area contributed by atoms with E-state index in [1.54, 1.807) is 14.2 Å². The first-order valence-electron chi connectivity index (χ1n) is 5.13. The lowest BCUT2D eigenvalue weighted by Crippen LogP contribution is -2.06. The summed E-state index contributed by atoms with van der Waals surface area (Å²) in [5, 5.41) is 0. The minimum atomic E-state index is 0.461. The van der Waals surface area contributed by atoms with Crippen LogP contribution in [0.4, 0.5) is 0 Å². The summed E-state index contributed by atoms with van der Waals surface area (Å²) >= 11 is 3.44. The standard InChI is InChI=1S/C12H17BrO3/c1-8(2)7-16-11-9(13)5-6-10(14-3)12(11)15-4/h5-6,8H,7H2,1-4H3. The molecule has 1 aromatic carbocycles. The molecule has 0 heterocycles. The quantitative estimate of drug-likeness (QED) is 0.830. The second-order valence-corrected chi connectivity index (χ2v) is 4.67. The van der Waals surface area contributed by atoms with E-state index in [0.717, 1.165) is 4.47 Å². The Bertz CT molecular complexity index is 350. The zero-order chi connectivity index (χ0) is 12.1. The predicted molar refractivity (Wildman–Crippen MR) is 67.6 cm³/mol. The summed E-state index contributed by atoms with van der Waals surface area (Å²) in [5.74, 6) is 2.44. The van der Waals surface area contributed by atoms with Gasteiger partial charge >= 0.3 is 0 Å². The van der Waals surface area contributed by atoms with Gasteiger partial charge in [0.15, 0.2) is 11.5 Å². The van der Waals surface area contributed by atoms with Crippen molar-refractivity contribution in [3.8, 4) is 17.2 Å². The van der Waals surface area contributed by atoms with Crippen molar-refractivity contribution in [2.75, 3.05) is 20.8 Å². The highest BCUT2D eigenvalue weighted by molar-refractivity contribution is 9.10. The second kappa shape index (κ2) is 5.99. The summed E-state index contributed by atoms with van der Waals surface area (Å²) in [4.78, 5) is 0. The number of hydrogen-bond donors (Lipinski definition) is 0. The molecular weight excluding hydrogens is 272 g/mol. The highest BCUT2D eigenvalue weighted by Gasteiger charge is 2.15. The first kappa shape index (κ1) is 13.2. The van der Waals surface area contributed by atoms with Gasteiger partial charge in [-0.2, -0.15) is 0 Å². The zero-order valence-electron chi connectivity index (χ0n) is 10.0. The van der Waals surface area contributed by atoms with Crippen molar-refractivity contribution in [2.24, 2.45) is 5.92 Å². The molecule has 0 spiro atoms. The third-order valence-electron chi connectivity index (χ3n) is 2.01. The molecule has 0 amide bonds. The van der Waals surface area contributed by atoms with Crippen LogP contribution in [0.15, 0.2) is 16.6 Å². The van der Waals surface area contributed by atoms with Crippen LogP contribution in [0.1, 0.15) is 13.8 Å². The minimum absolute atomic E-state index is 0.461. The summed E-state index contributed by atoms with van der Waals surface area (Å²) < 4.78 is 17.1. The van der Waals surface area contributed by atoms with E-state index in [2.05, 4.69) is 29.8 Å². The van der Waals surface area contributed by atoms with Crippen LogP contribution < -0.4 is 14.2 Å². The van der Waals surface area contributed by atoms with Gasteiger partial charge in [-0.3, -0.25) is 0 Å². The van der Waals surface area contributed by atoms with Gasteiger partial charge in [-0.05, 0) is 34.0 Å². The molecule has 0 N–H and O–H groups in total. The Morgan fingerprint density at radius 2 is 1.81 bits per heavy atom. The predicted octanol–water partition coefficient (Wildman–Crippen LogP) is 3.50. The number of rotatable bonds is 5. The Balaban J connectivity index is 3.03. The number of hydrogen-bond acceptors (Lipinski definition) is 3. The minimum Gasteiger partial charge on any atom is -0.493 e. The van der Waals surface area contributed by atoms with Crippen molar-refractivity contribution in [1.29, 1.82) is 0 Å². The zero-order valence-corrected chi connectivity index (χ0v) is 11.6. The van der Waals surface area contributed by atoms with E-state index >= 15 is 0 Å². The fourth-order valence-corrected chi connectivity index (χ4v) is 1.69. The number of halogens is 1. The van der Waals surface area contributed by atoms with Crippen LogP contribution in [0.3, 0.4) is 0 Å². The van der Waals surface area contributed by atoms with E-state index in [9.17, 15) is 0 Å². The second-order valence-electron chi connectivity index (χ2n) is 3.82. The van der Waals surface area contributed by atoms with Gasteiger partial charge < -0.3 is 14.2 Å². The molecule has 0 aliphatic heterocycles. The van der Waals surface area contributed by atoms with Crippen molar-refractivity contribution in [1.82, 2.24) is 0 Å². The molecule has 4 heteroatoms. The van der Waals surface area contributed by atoms with E-state index in [0.29, 0.717) is 29.8 Å². The summed E-state index contributed by atoms with van der Waals surface area (Å²) in [5.41, 5.74) is 0. The van der Waals surface area contributed by atoms with Crippen molar-refractivity contribution < 1.29 is 14.2 Å². The Morgan fingerprint density at radius 1 is 1.12 bits per heavy atom. The van der Waals surface area contributed by atoms with Crippen molar-refractivity contribution in [3.05, 3.63) is 16.6 Å². The Labute approximate surface area is 105 Å². The molecular formula is C12H17BrO3. The van der Waals surface area contributed by atoms with Gasteiger partial charge in [0.2, 0.25) is 5.75 Å². The van der Waals surface area contributed by atoms with Crippen molar-refractivity contribution >= 4 is 15.9 Å². The molecule has 0 atom stereocenters. The molecule has 0 fully saturated rings. The fourth-order valence-electron chi connectivity index (χ4n) is 1.26. The molecule has 3 nitrogen and oxygen atoms in total. The Hall–Kier alpha value is -0.900. The van der Waals surface area contributed by atoms with Gasteiger partial charge in [-0.25, -0.2) is 0 Å². The van der Waals surface area contributed by atoms with E-state index in [-0.39, 0.29) is 0 Å². The highest BCUT2D eigenvalue weighted by Crippen LogP contribution is 2.42. The molecule has 1 rings (SSSR count). The first-order valence-corrected chi connectivity index (χ1v) is 5.92. The molecule has 0 aliphatic rings. The molecule has 0 saturated carbocycles. The van der Waals surface area contributed by atoms with Crippen LogP contribution in [-0.4, -0.2) is 20.8 Å². The van der Waals surface area contributed by atoms with Crippen molar-refractivity contribution in [2.45, 2.75) is 13.8 Å². The average Bonchev–Trinajstić information content (AvgIpc) is 2.26. The number of methoxy groups -OCH3 is 2. The van der Waals surface area contributed by atoms with Crippen LogP contribution in [0, 0.1) is 5.92 Å². The molecule has 0 bridgehead atoms. The maximum atomic E-state index is 5.71. The van der Waals surface area contributed by atoms with Crippen LogP contribution in [0.25, 0.3) is 0 Å². The normalized spacial score (nSPS) is 10.4. The Morgan fingerprint density at radius 3 is 2.31 bits per heavy atom. The van der Waals surface area contributed by atoms with E-state index in [4.69, 9.17) is 14.2 Å². The third kappa shape index (κ3) is 3.04. The van der Waals surface area contributed by atoms with Crippen molar-refractivity contribution in [3.63, 3.8) is 0 Å². The molecule has 0 unspecified atom stereocenters. The molecule has 0 aromatic heterocycles. The maximum Gasteiger partial charge on any atom is 0.204 e. The maximum absolute atomic E-state index is 5.71. The van der Waals surface area contributed by atoms with E-state index in [1.165, 1.54) is 0 Å². The lowest BCUT2D eigenvalue weighted by Gasteiger charge is -2.16. The average molecular weight is 289 g/mol. The fraction of sp³-hybridized carbons (Fsp3) is 0.500. The summed E-state index contributed by atoms with van der Waals surface area (Å²) in [6.45, 7) is 4.84. The van der Waals surface area contributed by atoms with Gasteiger partial charge in [-0.1, -0.05) is 13.8 Å². The SMILES string of the molecule is COc1ccc(Br)c(OCC(C)C)c1OC. The van der Waals surface area contributed by atoms with Gasteiger partial charge in [0.25, 0.3) is 0 Å². The first-order chi connectivity index (χ1) is 7.60. The summed E-state index contributed by atoms with van der Waals surface area (Å²) in [7, 11) is 3.21. The molecule has 0 saturated heterocycles.